The zero-order chi connectivity index (χ0) is 24.1. The van der Waals surface area contributed by atoms with Crippen molar-refractivity contribution in [2.24, 2.45) is 0 Å². The van der Waals surface area contributed by atoms with Gasteiger partial charge in [-0.2, -0.15) is 10.5 Å². The van der Waals surface area contributed by atoms with Gasteiger partial charge in [-0.25, -0.2) is 9.78 Å². The Morgan fingerprint density at radius 2 is 1.94 bits per heavy atom. The molecule has 2 aromatic heterocycles. The molecule has 0 atom stereocenters. The highest BCUT2D eigenvalue weighted by Gasteiger charge is 2.27. The molecular formula is C24H27N5O3S. The number of esters is 1. The standard InChI is InChI=1S/C24H27N5O3S/c1-5-32-24(31)19-10-17(11-25)23(27-15(19)3)33-13-21(30)28-22-20(12-26)14(2)16(4)29(22)18-8-6-7-9-18/h10,18H,5-9,13H2,1-4H3,(H,28,30). The summed E-state index contributed by atoms with van der Waals surface area (Å²) in [6.07, 6.45) is 4.32. The maximum atomic E-state index is 12.8. The van der Waals surface area contributed by atoms with E-state index in [2.05, 4.69) is 20.9 Å². The van der Waals surface area contributed by atoms with Crippen LogP contribution < -0.4 is 5.32 Å². The average molecular weight is 466 g/mol. The maximum absolute atomic E-state index is 12.8. The third kappa shape index (κ3) is 5.04. The smallest absolute Gasteiger partial charge is 0.340 e. The minimum Gasteiger partial charge on any atom is -0.462 e. The molecule has 1 aliphatic carbocycles. The lowest BCUT2D eigenvalue weighted by atomic mass is 10.1. The normalized spacial score (nSPS) is 13.4. The van der Waals surface area contributed by atoms with Crippen molar-refractivity contribution < 1.29 is 14.3 Å². The molecule has 33 heavy (non-hydrogen) atoms. The van der Waals surface area contributed by atoms with Crippen molar-refractivity contribution in [1.29, 1.82) is 10.5 Å². The average Bonchev–Trinajstić information content (AvgIpc) is 3.39. The highest BCUT2D eigenvalue weighted by Crippen LogP contribution is 2.37. The Kier molecular flexibility index (Phi) is 7.78. The Morgan fingerprint density at radius 1 is 1.24 bits per heavy atom. The number of pyridine rings is 1. The fourth-order valence-corrected chi connectivity index (χ4v) is 5.00. The summed E-state index contributed by atoms with van der Waals surface area (Å²) in [5, 5.41) is 22.5. The minimum absolute atomic E-state index is 0.0126. The van der Waals surface area contributed by atoms with Gasteiger partial charge in [-0.1, -0.05) is 24.6 Å². The van der Waals surface area contributed by atoms with Crippen LogP contribution in [0.25, 0.3) is 0 Å². The molecule has 172 valence electrons. The summed E-state index contributed by atoms with van der Waals surface area (Å²) >= 11 is 1.12. The van der Waals surface area contributed by atoms with E-state index in [9.17, 15) is 20.1 Å². The first kappa shape index (κ1) is 24.3. The van der Waals surface area contributed by atoms with E-state index in [1.54, 1.807) is 13.8 Å². The van der Waals surface area contributed by atoms with E-state index in [0.717, 1.165) is 48.7 Å². The molecule has 1 N–H and O–H groups in total. The van der Waals surface area contributed by atoms with E-state index in [-0.39, 0.29) is 35.4 Å². The summed E-state index contributed by atoms with van der Waals surface area (Å²) in [4.78, 5) is 29.3. The molecule has 0 unspecified atom stereocenters. The van der Waals surface area contributed by atoms with Crippen LogP contribution >= 0.6 is 11.8 Å². The second kappa shape index (κ2) is 10.5. The number of hydrogen-bond acceptors (Lipinski definition) is 7. The van der Waals surface area contributed by atoms with E-state index in [4.69, 9.17) is 4.74 Å². The van der Waals surface area contributed by atoms with Crippen LogP contribution in [0.15, 0.2) is 11.1 Å². The van der Waals surface area contributed by atoms with E-state index >= 15 is 0 Å². The van der Waals surface area contributed by atoms with Crippen LogP contribution in [-0.2, 0) is 9.53 Å². The van der Waals surface area contributed by atoms with Crippen LogP contribution in [0.4, 0.5) is 5.82 Å². The maximum Gasteiger partial charge on any atom is 0.340 e. The van der Waals surface area contributed by atoms with Gasteiger partial charge < -0.3 is 14.6 Å². The number of ether oxygens (including phenoxy) is 1. The second-order valence-corrected chi connectivity index (χ2v) is 8.96. The summed E-state index contributed by atoms with van der Waals surface area (Å²) in [6.45, 7) is 7.48. The molecule has 2 aromatic rings. The number of anilines is 1. The first-order chi connectivity index (χ1) is 15.8. The first-order valence-electron chi connectivity index (χ1n) is 10.9. The Labute approximate surface area is 197 Å². The number of nitriles is 2. The van der Waals surface area contributed by atoms with Crippen molar-refractivity contribution in [3.8, 4) is 12.1 Å². The highest BCUT2D eigenvalue weighted by atomic mass is 32.2. The number of carbonyl (C=O) groups excluding carboxylic acids is 2. The van der Waals surface area contributed by atoms with Crippen LogP contribution in [0.2, 0.25) is 0 Å². The van der Waals surface area contributed by atoms with Gasteiger partial charge in [0.05, 0.1) is 34.7 Å². The van der Waals surface area contributed by atoms with E-state index in [0.29, 0.717) is 22.1 Å². The molecule has 9 heteroatoms. The summed E-state index contributed by atoms with van der Waals surface area (Å²) < 4.78 is 7.11. The molecule has 0 aromatic carbocycles. The lowest BCUT2D eigenvalue weighted by molar-refractivity contribution is -0.113. The van der Waals surface area contributed by atoms with Gasteiger partial charge in [0, 0.05) is 11.7 Å². The Morgan fingerprint density at radius 3 is 2.55 bits per heavy atom. The van der Waals surface area contributed by atoms with Crippen molar-refractivity contribution in [2.75, 3.05) is 17.7 Å². The molecule has 3 rings (SSSR count). The van der Waals surface area contributed by atoms with E-state index < -0.39 is 5.97 Å². The summed E-state index contributed by atoms with van der Waals surface area (Å²) in [6, 6.07) is 6.01. The predicted octanol–water partition coefficient (Wildman–Crippen LogP) is 4.57. The minimum atomic E-state index is -0.532. The Balaban J connectivity index is 1.80. The van der Waals surface area contributed by atoms with Crippen molar-refractivity contribution in [3.05, 3.63) is 39.7 Å². The van der Waals surface area contributed by atoms with Gasteiger partial charge in [0.2, 0.25) is 5.91 Å². The van der Waals surface area contributed by atoms with Crippen LogP contribution in [-0.4, -0.2) is 33.8 Å². The fourth-order valence-electron chi connectivity index (χ4n) is 4.20. The van der Waals surface area contributed by atoms with Crippen LogP contribution in [0.1, 0.15) is 77.1 Å². The molecular weight excluding hydrogens is 438 g/mol. The van der Waals surface area contributed by atoms with Gasteiger partial charge in [0.15, 0.2) is 0 Å². The number of nitrogens with one attached hydrogen (secondary N) is 1. The number of aromatic nitrogens is 2. The van der Waals surface area contributed by atoms with Crippen LogP contribution in [0, 0.1) is 43.4 Å². The molecule has 0 radical (unpaired) electrons. The van der Waals surface area contributed by atoms with Crippen molar-refractivity contribution in [2.45, 2.75) is 64.4 Å². The van der Waals surface area contributed by atoms with Crippen molar-refractivity contribution >= 4 is 29.5 Å². The molecule has 1 saturated carbocycles. The molecule has 1 fully saturated rings. The lowest BCUT2D eigenvalue weighted by Crippen LogP contribution is -2.20. The van der Waals surface area contributed by atoms with E-state index in [1.807, 2.05) is 19.9 Å². The molecule has 0 spiro atoms. The summed E-state index contributed by atoms with van der Waals surface area (Å²) in [7, 11) is 0. The topological polar surface area (TPSA) is 121 Å². The highest BCUT2D eigenvalue weighted by molar-refractivity contribution is 8.00. The first-order valence-corrected chi connectivity index (χ1v) is 11.9. The molecule has 8 nitrogen and oxygen atoms in total. The van der Waals surface area contributed by atoms with Gasteiger partial charge in [0.25, 0.3) is 0 Å². The predicted molar refractivity (Wildman–Crippen MR) is 125 cm³/mol. The number of aryl methyl sites for hydroxylation is 1. The van der Waals surface area contributed by atoms with Crippen LogP contribution in [0.3, 0.4) is 0 Å². The van der Waals surface area contributed by atoms with Crippen LogP contribution in [0.5, 0.6) is 0 Å². The van der Waals surface area contributed by atoms with Gasteiger partial charge in [-0.3, -0.25) is 4.79 Å². The quantitative estimate of drug-likeness (QED) is 0.469. The zero-order valence-electron chi connectivity index (χ0n) is 19.3. The number of rotatable bonds is 7. The molecule has 0 aliphatic heterocycles. The van der Waals surface area contributed by atoms with Crippen molar-refractivity contribution in [1.82, 2.24) is 9.55 Å². The lowest BCUT2D eigenvalue weighted by Gasteiger charge is -2.19. The van der Waals surface area contributed by atoms with Gasteiger partial charge in [-0.15, -0.1) is 0 Å². The number of thioether (sulfide) groups is 1. The Hall–Kier alpha value is -3.30. The monoisotopic (exact) mass is 465 g/mol. The number of amides is 1. The fraction of sp³-hybridized carbons (Fsp3) is 0.458. The molecule has 0 saturated heterocycles. The van der Waals surface area contributed by atoms with Gasteiger partial charge in [0.1, 0.15) is 23.0 Å². The molecule has 0 bridgehead atoms. The SMILES string of the molecule is CCOC(=O)c1cc(C#N)c(SCC(=O)Nc2c(C#N)c(C)c(C)n2C2CCCC2)nc1C. The molecule has 1 aliphatic rings. The third-order valence-electron chi connectivity index (χ3n) is 5.95. The Bertz CT molecular complexity index is 1170. The second-order valence-electron chi connectivity index (χ2n) is 8.00. The zero-order valence-corrected chi connectivity index (χ0v) is 20.1. The van der Waals surface area contributed by atoms with Gasteiger partial charge in [-0.05, 0) is 52.2 Å². The number of nitrogens with zero attached hydrogens (tertiary/aromatic N) is 4. The number of hydrogen-bond donors (Lipinski definition) is 1. The van der Waals surface area contributed by atoms with Gasteiger partial charge >= 0.3 is 5.97 Å². The van der Waals surface area contributed by atoms with E-state index in [1.165, 1.54) is 6.07 Å². The third-order valence-corrected chi connectivity index (χ3v) is 6.94. The largest absolute Gasteiger partial charge is 0.462 e. The molecule has 2 heterocycles. The summed E-state index contributed by atoms with van der Waals surface area (Å²) in [5.41, 5.74) is 3.25. The molecule has 1 amide bonds. The summed E-state index contributed by atoms with van der Waals surface area (Å²) in [5.74, 6) is -0.257. The van der Waals surface area contributed by atoms with Crippen molar-refractivity contribution in [3.63, 3.8) is 0 Å². The number of carbonyl (C=O) groups is 2.